The van der Waals surface area contributed by atoms with E-state index in [9.17, 15) is 5.11 Å². The highest BCUT2D eigenvalue weighted by Crippen LogP contribution is 2.39. The summed E-state index contributed by atoms with van der Waals surface area (Å²) in [5, 5.41) is 9.61. The third-order valence-electron chi connectivity index (χ3n) is 4.53. The fourth-order valence-corrected chi connectivity index (χ4v) is 3.62. The third-order valence-corrected chi connectivity index (χ3v) is 4.53. The molecule has 0 aliphatic rings. The van der Waals surface area contributed by atoms with Gasteiger partial charge in [0.1, 0.15) is 5.75 Å². The Hall–Kier alpha value is -2.52. The van der Waals surface area contributed by atoms with Crippen LogP contribution in [0, 0.1) is 0 Å². The molecule has 3 nitrogen and oxygen atoms in total. The maximum absolute atomic E-state index is 9.61. The normalized spacial score (nSPS) is 11.7. The van der Waals surface area contributed by atoms with E-state index < -0.39 is 0 Å². The van der Waals surface area contributed by atoms with Crippen LogP contribution in [0.5, 0.6) is 5.75 Å². The summed E-state index contributed by atoms with van der Waals surface area (Å²) >= 11 is 0. The topological polar surface area (TPSA) is 33.9 Å². The molecular weight excluding hydrogens is 286 g/mol. The molecule has 116 valence electrons. The Balaban J connectivity index is 2.14. The van der Waals surface area contributed by atoms with Crippen LogP contribution in [0.1, 0.15) is 18.1 Å². The van der Waals surface area contributed by atoms with Crippen LogP contribution in [-0.4, -0.2) is 16.6 Å². The van der Waals surface area contributed by atoms with Gasteiger partial charge in [-0.25, -0.2) is 0 Å². The molecule has 23 heavy (non-hydrogen) atoms. The average Bonchev–Trinajstić information content (AvgIpc) is 3.09. The number of phenols is 1. The zero-order valence-corrected chi connectivity index (χ0v) is 13.3. The second kappa shape index (κ2) is 5.28. The first-order valence-corrected chi connectivity index (χ1v) is 7.90. The predicted molar refractivity (Wildman–Crippen MR) is 93.3 cm³/mol. The lowest BCUT2D eigenvalue weighted by molar-refractivity contribution is 0.186. The molecule has 4 rings (SSSR count). The molecule has 3 heteroatoms. The molecule has 0 atom stereocenters. The number of phenolic OH excluding ortho intramolecular Hbond substituents is 1. The zero-order valence-electron chi connectivity index (χ0n) is 13.3. The Bertz CT molecular complexity index is 967. The molecule has 0 saturated carbocycles. The van der Waals surface area contributed by atoms with Crippen molar-refractivity contribution < 1.29 is 9.84 Å². The summed E-state index contributed by atoms with van der Waals surface area (Å²) in [7, 11) is 1.73. The molecule has 0 saturated heterocycles. The minimum Gasteiger partial charge on any atom is -0.508 e. The van der Waals surface area contributed by atoms with E-state index in [0.717, 1.165) is 12.0 Å². The van der Waals surface area contributed by atoms with Crippen LogP contribution in [0.25, 0.3) is 27.7 Å². The van der Waals surface area contributed by atoms with Crippen molar-refractivity contribution in [2.75, 3.05) is 7.11 Å². The molecule has 1 N–H and O–H groups in total. The largest absolute Gasteiger partial charge is 0.508 e. The first-order valence-electron chi connectivity index (χ1n) is 7.90. The van der Waals surface area contributed by atoms with Crippen molar-refractivity contribution in [3.8, 4) is 16.9 Å². The number of hydrogen-bond acceptors (Lipinski definition) is 2. The van der Waals surface area contributed by atoms with Gasteiger partial charge in [-0.15, -0.1) is 0 Å². The summed E-state index contributed by atoms with van der Waals surface area (Å²) in [5.41, 5.74) is 8.60. The van der Waals surface area contributed by atoms with Gasteiger partial charge in [-0.1, -0.05) is 25.1 Å². The summed E-state index contributed by atoms with van der Waals surface area (Å²) in [6.07, 6.45) is 0.962. The van der Waals surface area contributed by atoms with Crippen molar-refractivity contribution in [2.45, 2.75) is 20.0 Å². The summed E-state index contributed by atoms with van der Waals surface area (Å²) in [6, 6.07) is 16.1. The zero-order chi connectivity index (χ0) is 16.0. The highest BCUT2D eigenvalue weighted by molar-refractivity contribution is 5.97. The van der Waals surface area contributed by atoms with Crippen LogP contribution < -0.4 is 0 Å². The Morgan fingerprint density at radius 3 is 2.57 bits per heavy atom. The number of ether oxygens (including phenoxy) is 1. The van der Waals surface area contributed by atoms with Gasteiger partial charge >= 0.3 is 0 Å². The number of benzene rings is 1. The van der Waals surface area contributed by atoms with Gasteiger partial charge in [0, 0.05) is 23.8 Å². The number of hydrogen-bond donors (Lipinski definition) is 1. The predicted octanol–water partition coefficient (Wildman–Crippen LogP) is 4.61. The molecule has 0 radical (unpaired) electrons. The fraction of sp³-hybridized carbons (Fsp3) is 0.200. The van der Waals surface area contributed by atoms with E-state index in [-0.39, 0.29) is 0 Å². The molecule has 0 bridgehead atoms. The maximum atomic E-state index is 9.61. The Morgan fingerprint density at radius 1 is 1.09 bits per heavy atom. The van der Waals surface area contributed by atoms with E-state index >= 15 is 0 Å². The monoisotopic (exact) mass is 305 g/mol. The van der Waals surface area contributed by atoms with E-state index in [2.05, 4.69) is 35.6 Å². The first-order chi connectivity index (χ1) is 11.2. The van der Waals surface area contributed by atoms with Gasteiger partial charge in [0.15, 0.2) is 0 Å². The number of rotatable bonds is 4. The number of methoxy groups -OCH3 is 1. The van der Waals surface area contributed by atoms with Crippen molar-refractivity contribution >= 4 is 16.6 Å². The average molecular weight is 305 g/mol. The van der Waals surface area contributed by atoms with Gasteiger partial charge in [0.05, 0.1) is 17.6 Å². The minimum absolute atomic E-state index is 0.292. The molecule has 3 aromatic heterocycles. The van der Waals surface area contributed by atoms with Gasteiger partial charge in [-0.2, -0.15) is 0 Å². The van der Waals surface area contributed by atoms with Crippen molar-refractivity contribution in [2.24, 2.45) is 0 Å². The summed E-state index contributed by atoms with van der Waals surface area (Å²) in [6.45, 7) is 2.78. The van der Waals surface area contributed by atoms with Crippen molar-refractivity contribution in [3.63, 3.8) is 0 Å². The standard InChI is InChI=1S/C20H19NO2/c1-3-17-18-6-4-5-15-11-14(12-23-2)20(21(15)18)19(17)13-7-9-16(22)10-8-13/h4-11,22H,3,12H2,1-2H3. The Morgan fingerprint density at radius 2 is 1.87 bits per heavy atom. The van der Waals surface area contributed by atoms with E-state index in [1.807, 2.05) is 12.1 Å². The molecule has 3 heterocycles. The van der Waals surface area contributed by atoms with Crippen molar-refractivity contribution in [3.05, 3.63) is 59.7 Å². The second-order valence-corrected chi connectivity index (χ2v) is 5.88. The van der Waals surface area contributed by atoms with Gasteiger partial charge < -0.3 is 14.2 Å². The molecule has 0 unspecified atom stereocenters. The van der Waals surface area contributed by atoms with Crippen LogP contribution in [0.4, 0.5) is 0 Å². The molecule has 4 aromatic rings. The molecule has 0 aliphatic heterocycles. The molecule has 0 aliphatic carbocycles. The van der Waals surface area contributed by atoms with Gasteiger partial charge in [0.25, 0.3) is 0 Å². The number of pyridine rings is 1. The van der Waals surface area contributed by atoms with E-state index in [4.69, 9.17) is 4.74 Å². The highest BCUT2D eigenvalue weighted by atomic mass is 16.5. The van der Waals surface area contributed by atoms with Crippen LogP contribution >= 0.6 is 0 Å². The lowest BCUT2D eigenvalue weighted by Gasteiger charge is -2.06. The van der Waals surface area contributed by atoms with Crippen LogP contribution in [0.3, 0.4) is 0 Å². The molecule has 1 aromatic carbocycles. The van der Waals surface area contributed by atoms with E-state index in [1.54, 1.807) is 19.2 Å². The molecule has 0 spiro atoms. The first kappa shape index (κ1) is 14.1. The third kappa shape index (κ3) is 2.01. The van der Waals surface area contributed by atoms with Crippen LogP contribution in [0.15, 0.2) is 48.5 Å². The summed E-state index contributed by atoms with van der Waals surface area (Å²) < 4.78 is 7.75. The number of nitrogens with zero attached hydrogens (tertiary/aromatic N) is 1. The minimum atomic E-state index is 0.292. The lowest BCUT2D eigenvalue weighted by Crippen LogP contribution is -1.88. The van der Waals surface area contributed by atoms with Crippen molar-refractivity contribution in [1.29, 1.82) is 0 Å². The van der Waals surface area contributed by atoms with Gasteiger partial charge in [-0.3, -0.25) is 0 Å². The number of aromatic hydroxyl groups is 1. The summed E-state index contributed by atoms with van der Waals surface area (Å²) in [5.74, 6) is 0.292. The molecule has 0 fully saturated rings. The second-order valence-electron chi connectivity index (χ2n) is 5.88. The lowest BCUT2D eigenvalue weighted by atomic mass is 9.98. The highest BCUT2D eigenvalue weighted by Gasteiger charge is 2.21. The van der Waals surface area contributed by atoms with Gasteiger partial charge in [0.2, 0.25) is 0 Å². The SMILES string of the molecule is CCc1c(-c2ccc(O)cc2)c2c(COC)cc3cccc1n32. The van der Waals surface area contributed by atoms with Crippen LogP contribution in [0.2, 0.25) is 0 Å². The van der Waals surface area contributed by atoms with E-state index in [1.165, 1.54) is 33.2 Å². The quantitative estimate of drug-likeness (QED) is 0.597. The number of aromatic nitrogens is 1. The molecule has 0 amide bonds. The Labute approximate surface area is 135 Å². The van der Waals surface area contributed by atoms with E-state index in [0.29, 0.717) is 12.4 Å². The van der Waals surface area contributed by atoms with Crippen molar-refractivity contribution in [1.82, 2.24) is 4.40 Å². The fourth-order valence-electron chi connectivity index (χ4n) is 3.62. The Kier molecular flexibility index (Phi) is 3.24. The summed E-state index contributed by atoms with van der Waals surface area (Å²) in [4.78, 5) is 0. The van der Waals surface area contributed by atoms with Gasteiger partial charge in [-0.05, 0) is 47.9 Å². The number of aryl methyl sites for hydroxylation is 1. The molecular formula is C20H19NO2. The maximum Gasteiger partial charge on any atom is 0.115 e. The smallest absolute Gasteiger partial charge is 0.115 e. The van der Waals surface area contributed by atoms with Crippen LogP contribution in [-0.2, 0) is 17.8 Å².